The minimum atomic E-state index is -0.0797. The van der Waals surface area contributed by atoms with Gasteiger partial charge in [0.05, 0.1) is 5.69 Å². The van der Waals surface area contributed by atoms with Crippen molar-refractivity contribution in [2.75, 3.05) is 9.71 Å². The Balaban J connectivity index is 1.13. The van der Waals surface area contributed by atoms with Gasteiger partial charge >= 0.3 is 6.85 Å². The van der Waals surface area contributed by atoms with Crippen LogP contribution in [0.1, 0.15) is 218 Å². The van der Waals surface area contributed by atoms with Gasteiger partial charge in [-0.25, -0.2) is 0 Å². The van der Waals surface area contributed by atoms with Crippen LogP contribution >= 0.6 is 11.3 Å². The second-order valence-electron chi connectivity index (χ2n) is 30.9. The van der Waals surface area contributed by atoms with E-state index >= 15 is 0 Å². The van der Waals surface area contributed by atoms with E-state index in [9.17, 15) is 0 Å². The first kappa shape index (κ1) is 50.0. The van der Waals surface area contributed by atoms with Crippen LogP contribution in [0.2, 0.25) is 0 Å². The van der Waals surface area contributed by atoms with Crippen LogP contribution in [0, 0.1) is 13.8 Å². The lowest BCUT2D eigenvalue weighted by molar-refractivity contribution is 0.332. The fourth-order valence-electron chi connectivity index (χ4n) is 16.2. The number of anilines is 5. The fraction of sp³-hybridized carbons (Fsp3) is 0.472. The van der Waals surface area contributed by atoms with Gasteiger partial charge in [-0.1, -0.05) is 129 Å². The SMILES string of the molecule is Cc1cc2c3c(c1)N(c1cc4c(cc1C)C(C)(C)CCC4(C)C)c1c(sc4cc5c(cc14)C(C)(C)CCC5(C)C)B3N(c1ccc3c(c1)C(C)(C)CCC3(C)C)c1cc3c(cc1-2)oc1cc2c(cc13)C(C)(C)CCC2(C)C. The van der Waals surface area contributed by atoms with Gasteiger partial charge in [-0.3, -0.25) is 0 Å². The Morgan fingerprint density at radius 2 is 0.883 bits per heavy atom. The van der Waals surface area contributed by atoms with Crippen LogP contribution in [0.25, 0.3) is 43.2 Å². The molecule has 8 aromatic rings. The molecule has 0 saturated heterocycles. The van der Waals surface area contributed by atoms with Gasteiger partial charge in [0.2, 0.25) is 0 Å². The quantitative estimate of drug-likeness (QED) is 0.161. The first-order chi connectivity index (χ1) is 35.9. The monoisotopic (exact) mass is 1030 g/mol. The zero-order chi connectivity index (χ0) is 54.4. The number of hydrogen-bond acceptors (Lipinski definition) is 4. The van der Waals surface area contributed by atoms with E-state index < -0.39 is 0 Å². The summed E-state index contributed by atoms with van der Waals surface area (Å²) in [5, 5.41) is 3.84. The maximum absolute atomic E-state index is 7.20. The third-order valence-corrected chi connectivity index (χ3v) is 23.0. The van der Waals surface area contributed by atoms with Crippen LogP contribution in [0.4, 0.5) is 28.4 Å². The molecule has 0 amide bonds. The number of fused-ring (bicyclic) bond motifs is 13. The summed E-state index contributed by atoms with van der Waals surface area (Å²) < 4.78 is 10.0. The van der Waals surface area contributed by atoms with Crippen LogP contribution in [-0.4, -0.2) is 6.85 Å². The Morgan fingerprint density at radius 1 is 0.416 bits per heavy atom. The highest BCUT2D eigenvalue weighted by atomic mass is 32.1. The molecule has 3 nitrogen and oxygen atoms in total. The molecule has 77 heavy (non-hydrogen) atoms. The summed E-state index contributed by atoms with van der Waals surface area (Å²) in [6, 6.07) is 33.3. The molecule has 0 saturated carbocycles. The average molecular weight is 1040 g/mol. The fourth-order valence-corrected chi connectivity index (χ4v) is 17.5. The molecule has 0 unspecified atom stereocenters. The summed E-state index contributed by atoms with van der Waals surface area (Å²) >= 11 is 2.07. The van der Waals surface area contributed by atoms with Crippen molar-refractivity contribution in [1.29, 1.82) is 0 Å². The van der Waals surface area contributed by atoms with Gasteiger partial charge in [0.15, 0.2) is 0 Å². The molecule has 2 aliphatic heterocycles. The average Bonchev–Trinajstić information content (AvgIpc) is 4.10. The van der Waals surface area contributed by atoms with E-state index in [4.69, 9.17) is 4.42 Å². The lowest BCUT2D eigenvalue weighted by atomic mass is 9.46. The van der Waals surface area contributed by atoms with Crippen LogP contribution in [-0.2, 0) is 43.3 Å². The minimum Gasteiger partial charge on any atom is -0.456 e. The molecule has 2 aromatic heterocycles. The van der Waals surface area contributed by atoms with Gasteiger partial charge < -0.3 is 14.1 Å². The van der Waals surface area contributed by atoms with Crippen LogP contribution in [0.5, 0.6) is 0 Å². The van der Waals surface area contributed by atoms with Gasteiger partial charge in [-0.15, -0.1) is 11.3 Å². The van der Waals surface area contributed by atoms with Crippen LogP contribution in [0.15, 0.2) is 83.3 Å². The standard InChI is InChI=1S/C72H83BN2OS/c1-40-29-46-43-36-59-45(44-33-51-54(38-60(44)76-59)71(15,16)27-24-68(51,9)10)35-57(43)75(42-19-20-48-50(32-42)67(7,8)22-21-65(48,3)4)73-62(46)58(30-40)74(56-37-53-49(31-41(56)2)66(5,6)23-26-70(53,13)14)63-47-34-52-55(39-61(47)77-64(63)73)72(17,18)28-25-69(52,11)12/h19-20,29-39H,21-28H2,1-18H3. The van der Waals surface area contributed by atoms with Crippen molar-refractivity contribution in [2.45, 2.75) is 219 Å². The number of nitrogens with zero attached hydrogens (tertiary/aromatic N) is 2. The summed E-state index contributed by atoms with van der Waals surface area (Å²) in [6.07, 6.45) is 9.46. The Bertz CT molecular complexity index is 3940. The normalized spacial score (nSPS) is 22.0. The first-order valence-electron chi connectivity index (χ1n) is 29.6. The van der Waals surface area contributed by atoms with Crippen molar-refractivity contribution < 1.29 is 4.42 Å². The molecule has 0 fully saturated rings. The highest BCUT2D eigenvalue weighted by Crippen LogP contribution is 2.58. The van der Waals surface area contributed by atoms with Gasteiger partial charge in [0, 0.05) is 53.9 Å². The zero-order valence-corrected chi connectivity index (χ0v) is 50.8. The summed E-state index contributed by atoms with van der Waals surface area (Å²) in [7, 11) is 0. The predicted molar refractivity (Wildman–Crippen MR) is 333 cm³/mol. The summed E-state index contributed by atoms with van der Waals surface area (Å²) in [5.41, 5.74) is 27.7. The third kappa shape index (κ3) is 6.92. The largest absolute Gasteiger partial charge is 0.456 e. The predicted octanol–water partition coefficient (Wildman–Crippen LogP) is 19.5. The van der Waals surface area contributed by atoms with E-state index in [2.05, 4.69) is 225 Å². The Kier molecular flexibility index (Phi) is 9.97. The molecule has 0 spiro atoms. The molecule has 6 aliphatic rings. The second kappa shape index (κ2) is 15.3. The molecule has 0 N–H and O–H groups in total. The zero-order valence-electron chi connectivity index (χ0n) is 50.0. The first-order valence-corrected chi connectivity index (χ1v) is 30.4. The van der Waals surface area contributed by atoms with Gasteiger partial charge in [-0.05, 0) is 236 Å². The van der Waals surface area contributed by atoms with E-state index in [0.717, 1.165) is 11.2 Å². The Labute approximate surface area is 465 Å². The summed E-state index contributed by atoms with van der Waals surface area (Å²) in [4.78, 5) is 5.61. The van der Waals surface area contributed by atoms with E-state index in [1.165, 1.54) is 178 Å². The number of furan rings is 1. The van der Waals surface area contributed by atoms with Crippen molar-refractivity contribution in [3.63, 3.8) is 0 Å². The van der Waals surface area contributed by atoms with Crippen molar-refractivity contribution in [1.82, 2.24) is 0 Å². The van der Waals surface area contributed by atoms with E-state index in [1.54, 1.807) is 0 Å². The molecule has 0 bridgehead atoms. The highest BCUT2D eigenvalue weighted by Gasteiger charge is 2.50. The molecular weight excluding hydrogens is 952 g/mol. The molecule has 0 radical (unpaired) electrons. The maximum Gasteiger partial charge on any atom is 0.343 e. The molecule has 6 aromatic carbocycles. The maximum atomic E-state index is 7.20. The van der Waals surface area contributed by atoms with E-state index in [0.29, 0.717) is 0 Å². The van der Waals surface area contributed by atoms with Crippen molar-refractivity contribution in [3.8, 4) is 11.1 Å². The molecule has 0 atom stereocenters. The van der Waals surface area contributed by atoms with Crippen molar-refractivity contribution >= 4 is 88.9 Å². The number of rotatable bonds is 2. The van der Waals surface area contributed by atoms with E-state index in [-0.39, 0.29) is 50.2 Å². The van der Waals surface area contributed by atoms with Crippen molar-refractivity contribution in [3.05, 3.63) is 134 Å². The second-order valence-corrected chi connectivity index (χ2v) is 32.0. The number of thiophene rings is 1. The Morgan fingerprint density at radius 3 is 1.47 bits per heavy atom. The Hall–Kier alpha value is -5.26. The smallest absolute Gasteiger partial charge is 0.343 e. The highest BCUT2D eigenvalue weighted by molar-refractivity contribution is 7.32. The molecule has 4 aliphatic carbocycles. The lowest BCUT2D eigenvalue weighted by Crippen LogP contribution is -2.60. The molecular formula is C72H83BN2OS. The van der Waals surface area contributed by atoms with Gasteiger partial charge in [-0.2, -0.15) is 0 Å². The number of benzene rings is 6. The summed E-state index contributed by atoms with van der Waals surface area (Å²) in [5.74, 6) is 0. The lowest BCUT2D eigenvalue weighted by Gasteiger charge is -2.47. The molecule has 5 heteroatoms. The molecule has 14 rings (SSSR count). The van der Waals surface area contributed by atoms with Crippen molar-refractivity contribution in [2.24, 2.45) is 0 Å². The van der Waals surface area contributed by atoms with E-state index in [1.807, 2.05) is 0 Å². The van der Waals surface area contributed by atoms with Gasteiger partial charge in [0.25, 0.3) is 0 Å². The van der Waals surface area contributed by atoms with Gasteiger partial charge in [0.1, 0.15) is 11.2 Å². The topological polar surface area (TPSA) is 19.6 Å². The third-order valence-electron chi connectivity index (χ3n) is 21.8. The summed E-state index contributed by atoms with van der Waals surface area (Å²) in [6.45, 7) is 44.3. The number of hydrogen-bond donors (Lipinski definition) is 0. The van der Waals surface area contributed by atoms with Crippen LogP contribution < -0.4 is 20.0 Å². The van der Waals surface area contributed by atoms with Crippen LogP contribution in [0.3, 0.4) is 0 Å². The minimum absolute atomic E-state index is 0.0428. The molecule has 4 heterocycles. The number of aryl methyl sites for hydroxylation is 2. The molecule has 396 valence electrons.